The molecule has 142 valence electrons. The zero-order valence-corrected chi connectivity index (χ0v) is 16.0. The quantitative estimate of drug-likeness (QED) is 0.750. The van der Waals surface area contributed by atoms with E-state index >= 15 is 0 Å². The maximum absolute atomic E-state index is 13.3. The Hall–Kier alpha value is -2.65. The second-order valence-corrected chi connectivity index (χ2v) is 8.27. The third-order valence-electron chi connectivity index (χ3n) is 6.61. The maximum Gasteiger partial charge on any atom is 0.226 e. The summed E-state index contributed by atoms with van der Waals surface area (Å²) in [4.78, 5) is 15.3. The molecular formula is C25H26N2O. The Morgan fingerprint density at radius 3 is 2.46 bits per heavy atom. The summed E-state index contributed by atoms with van der Waals surface area (Å²) in [6.07, 6.45) is 0.965. The summed E-state index contributed by atoms with van der Waals surface area (Å²) in [5, 5.41) is 2.54. The molecule has 0 radical (unpaired) electrons. The molecule has 1 saturated heterocycles. The van der Waals surface area contributed by atoms with E-state index in [0.717, 1.165) is 19.5 Å². The van der Waals surface area contributed by atoms with Gasteiger partial charge in [-0.25, -0.2) is 0 Å². The van der Waals surface area contributed by atoms with Crippen LogP contribution >= 0.6 is 0 Å². The van der Waals surface area contributed by atoms with Crippen molar-refractivity contribution in [2.75, 3.05) is 19.6 Å². The van der Waals surface area contributed by atoms with Gasteiger partial charge in [-0.15, -0.1) is 0 Å². The zero-order valence-electron chi connectivity index (χ0n) is 16.0. The lowest BCUT2D eigenvalue weighted by molar-refractivity contribution is -0.131. The molecule has 0 bridgehead atoms. The lowest BCUT2D eigenvalue weighted by Gasteiger charge is -2.17. The lowest BCUT2D eigenvalue weighted by Crippen LogP contribution is -2.31. The van der Waals surface area contributed by atoms with Gasteiger partial charge in [-0.1, -0.05) is 72.8 Å². The molecule has 2 N–H and O–H groups in total. The lowest BCUT2D eigenvalue weighted by atomic mass is 9.89. The van der Waals surface area contributed by atoms with Crippen LogP contribution in [0.3, 0.4) is 0 Å². The summed E-state index contributed by atoms with van der Waals surface area (Å²) in [7, 11) is 0. The number of nitrogens with two attached hydrogens (primary N) is 1. The van der Waals surface area contributed by atoms with Crippen LogP contribution < -0.4 is 5.73 Å². The zero-order chi connectivity index (χ0) is 19.1. The highest BCUT2D eigenvalue weighted by Crippen LogP contribution is 2.51. The number of fused-ring (bicyclic) bond motifs is 1. The number of amides is 1. The molecule has 1 amide bonds. The van der Waals surface area contributed by atoms with Gasteiger partial charge in [0, 0.05) is 24.9 Å². The third-order valence-corrected chi connectivity index (χ3v) is 6.61. The van der Waals surface area contributed by atoms with Crippen LogP contribution in [0.5, 0.6) is 0 Å². The van der Waals surface area contributed by atoms with Gasteiger partial charge in [-0.05, 0) is 46.7 Å². The Morgan fingerprint density at radius 1 is 0.893 bits per heavy atom. The molecule has 0 spiro atoms. The van der Waals surface area contributed by atoms with Gasteiger partial charge in [0.05, 0.1) is 0 Å². The van der Waals surface area contributed by atoms with Crippen molar-refractivity contribution in [2.45, 2.75) is 18.3 Å². The van der Waals surface area contributed by atoms with E-state index < -0.39 is 0 Å². The Labute approximate surface area is 166 Å². The Morgan fingerprint density at radius 2 is 1.64 bits per heavy atom. The first kappa shape index (κ1) is 17.4. The standard InChI is InChI=1S/C25H26N2O/c26-14-19-15-27(16-24(19)18-7-2-1-3-8-18)25(28)23-13-22(23)21-12-6-10-17-9-4-5-11-20(17)21/h1-12,19,22-24H,13-16,26H2/t19-,22?,23?,24+/m1/s1. The summed E-state index contributed by atoms with van der Waals surface area (Å²) in [5.74, 6) is 1.49. The van der Waals surface area contributed by atoms with Crippen LogP contribution in [0.4, 0.5) is 0 Å². The topological polar surface area (TPSA) is 46.3 Å². The van der Waals surface area contributed by atoms with Crippen LogP contribution in [0.15, 0.2) is 72.8 Å². The number of hydrogen-bond acceptors (Lipinski definition) is 2. The fraction of sp³-hybridized carbons (Fsp3) is 0.320. The largest absolute Gasteiger partial charge is 0.341 e. The molecule has 2 aliphatic rings. The van der Waals surface area contributed by atoms with Crippen LogP contribution in [0.2, 0.25) is 0 Å². The number of rotatable bonds is 4. The summed E-state index contributed by atoms with van der Waals surface area (Å²) in [6.45, 7) is 2.21. The van der Waals surface area contributed by atoms with Crippen LogP contribution in [-0.4, -0.2) is 30.4 Å². The number of hydrogen-bond donors (Lipinski definition) is 1. The fourth-order valence-electron chi connectivity index (χ4n) is 4.99. The first-order valence-corrected chi connectivity index (χ1v) is 10.3. The van der Waals surface area contributed by atoms with Crippen LogP contribution in [0.25, 0.3) is 10.8 Å². The number of carbonyl (C=O) groups excluding carboxylic acids is 1. The molecule has 2 unspecified atom stereocenters. The minimum absolute atomic E-state index is 0.124. The average molecular weight is 370 g/mol. The summed E-state index contributed by atoms with van der Waals surface area (Å²) in [5.41, 5.74) is 8.68. The molecule has 1 aliphatic carbocycles. The molecular weight excluding hydrogens is 344 g/mol. The van der Waals surface area contributed by atoms with Gasteiger partial charge in [0.2, 0.25) is 5.91 Å². The fourth-order valence-corrected chi connectivity index (χ4v) is 4.99. The van der Waals surface area contributed by atoms with Crippen LogP contribution in [0.1, 0.15) is 29.4 Å². The van der Waals surface area contributed by atoms with Gasteiger partial charge in [0.15, 0.2) is 0 Å². The molecule has 1 heterocycles. The predicted molar refractivity (Wildman–Crippen MR) is 113 cm³/mol. The Kier molecular flexibility index (Phi) is 4.40. The van der Waals surface area contributed by atoms with E-state index in [1.54, 1.807) is 0 Å². The monoisotopic (exact) mass is 370 g/mol. The maximum atomic E-state index is 13.3. The van der Waals surface area contributed by atoms with Crippen molar-refractivity contribution in [3.63, 3.8) is 0 Å². The van der Waals surface area contributed by atoms with Crippen molar-refractivity contribution >= 4 is 16.7 Å². The number of benzene rings is 3. The van der Waals surface area contributed by atoms with E-state index in [1.807, 2.05) is 6.07 Å². The van der Waals surface area contributed by atoms with E-state index in [9.17, 15) is 4.79 Å². The van der Waals surface area contributed by atoms with Crippen molar-refractivity contribution in [2.24, 2.45) is 17.6 Å². The van der Waals surface area contributed by atoms with E-state index in [4.69, 9.17) is 5.73 Å². The molecule has 2 fully saturated rings. The van der Waals surface area contributed by atoms with Crippen molar-refractivity contribution in [3.8, 4) is 0 Å². The van der Waals surface area contributed by atoms with Crippen LogP contribution in [-0.2, 0) is 4.79 Å². The molecule has 3 heteroatoms. The second-order valence-electron chi connectivity index (χ2n) is 8.27. The van der Waals surface area contributed by atoms with Gasteiger partial charge in [-0.3, -0.25) is 4.79 Å². The number of nitrogens with zero attached hydrogens (tertiary/aromatic N) is 1. The summed E-state index contributed by atoms with van der Waals surface area (Å²) in [6, 6.07) is 25.5. The molecule has 0 aromatic heterocycles. The van der Waals surface area contributed by atoms with Crippen molar-refractivity contribution < 1.29 is 4.79 Å². The van der Waals surface area contributed by atoms with Gasteiger partial charge in [-0.2, -0.15) is 0 Å². The van der Waals surface area contributed by atoms with Gasteiger partial charge >= 0.3 is 0 Å². The van der Waals surface area contributed by atoms with Gasteiger partial charge < -0.3 is 10.6 Å². The molecule has 1 saturated carbocycles. The molecule has 4 atom stereocenters. The normalized spacial score (nSPS) is 26.5. The first-order valence-electron chi connectivity index (χ1n) is 10.3. The number of carbonyl (C=O) groups is 1. The smallest absolute Gasteiger partial charge is 0.226 e. The van der Waals surface area contributed by atoms with E-state index in [0.29, 0.717) is 30.2 Å². The highest BCUT2D eigenvalue weighted by atomic mass is 16.2. The SMILES string of the molecule is NC[C@@H]1CN(C(=O)C2CC2c2cccc3ccccc23)C[C@H]1c1ccccc1. The minimum atomic E-state index is 0.124. The average Bonchev–Trinajstić information content (AvgIpc) is 3.43. The molecule has 3 nitrogen and oxygen atoms in total. The van der Waals surface area contributed by atoms with Crippen molar-refractivity contribution in [1.82, 2.24) is 4.90 Å². The first-order chi connectivity index (χ1) is 13.8. The van der Waals surface area contributed by atoms with Gasteiger partial charge in [0.25, 0.3) is 0 Å². The third kappa shape index (κ3) is 3.00. The van der Waals surface area contributed by atoms with E-state index in [2.05, 4.69) is 71.6 Å². The molecule has 5 rings (SSSR count). The van der Waals surface area contributed by atoms with Gasteiger partial charge in [0.1, 0.15) is 0 Å². The molecule has 1 aliphatic heterocycles. The molecule has 28 heavy (non-hydrogen) atoms. The Balaban J connectivity index is 1.34. The van der Waals surface area contributed by atoms with Crippen molar-refractivity contribution in [1.29, 1.82) is 0 Å². The van der Waals surface area contributed by atoms with Crippen LogP contribution in [0, 0.1) is 11.8 Å². The second kappa shape index (κ2) is 7.06. The number of likely N-dealkylation sites (tertiary alicyclic amines) is 1. The molecule has 3 aromatic carbocycles. The van der Waals surface area contributed by atoms with E-state index in [-0.39, 0.29) is 5.92 Å². The predicted octanol–water partition coefficient (Wildman–Crippen LogP) is 4.14. The minimum Gasteiger partial charge on any atom is -0.341 e. The Bertz CT molecular complexity index is 994. The van der Waals surface area contributed by atoms with Crippen molar-refractivity contribution in [3.05, 3.63) is 83.9 Å². The highest BCUT2D eigenvalue weighted by Gasteiger charge is 2.48. The molecule has 3 aromatic rings. The highest BCUT2D eigenvalue weighted by molar-refractivity contribution is 5.89. The summed E-state index contributed by atoms with van der Waals surface area (Å²) >= 11 is 0. The van der Waals surface area contributed by atoms with E-state index in [1.165, 1.54) is 21.9 Å². The summed E-state index contributed by atoms with van der Waals surface area (Å²) < 4.78 is 0.